The number of carbonyl (C=O) groups excluding carboxylic acids is 2. The van der Waals surface area contributed by atoms with Crippen molar-refractivity contribution < 1.29 is 118 Å². The molecule has 0 aromatic heterocycles. The van der Waals surface area contributed by atoms with Crippen molar-refractivity contribution in [2.24, 2.45) is 0 Å². The van der Waals surface area contributed by atoms with Gasteiger partial charge in [0.1, 0.15) is 0 Å². The van der Waals surface area contributed by atoms with E-state index in [4.69, 9.17) is 30.0 Å². The minimum Gasteiger partial charge on any atom is -0.870 e. The first-order valence-electron chi connectivity index (χ1n) is 1.22. The first-order chi connectivity index (χ1) is 3.46. The first-order valence-corrected chi connectivity index (χ1v) is 1.22. The van der Waals surface area contributed by atoms with Crippen LogP contribution in [0.5, 0.6) is 0 Å². The molecule has 0 amide bonds. The molecule has 0 radical (unpaired) electrons. The van der Waals surface area contributed by atoms with E-state index in [-0.39, 0.29) is 87.6 Å². The van der Waals surface area contributed by atoms with Crippen LogP contribution in [0.15, 0.2) is 0 Å². The Morgan fingerprint density at radius 2 is 0.692 bits per heavy atom. The van der Waals surface area contributed by atoms with Gasteiger partial charge in [-0.05, 0) is 12.3 Å². The summed E-state index contributed by atoms with van der Waals surface area (Å²) in [6.07, 6.45) is -4.67. The van der Waals surface area contributed by atoms with Gasteiger partial charge in [-0.2, -0.15) is 0 Å². The van der Waals surface area contributed by atoms with Gasteiger partial charge in [-0.15, -0.1) is 0 Å². The van der Waals surface area contributed by atoms with E-state index in [0.29, 0.717) is 0 Å². The molecule has 9 nitrogen and oxygen atoms in total. The molecule has 0 aliphatic heterocycles. The zero-order valence-corrected chi connectivity index (χ0v) is 13.3. The Morgan fingerprint density at radius 3 is 0.692 bits per heavy atom. The average Bonchev–Trinajstić information content (AvgIpc) is 1.25. The molecule has 0 fully saturated rings. The third kappa shape index (κ3) is 2280. The van der Waals surface area contributed by atoms with Crippen molar-refractivity contribution in [2.45, 2.75) is 0 Å². The van der Waals surface area contributed by atoms with Gasteiger partial charge >= 0.3 is 71.2 Å². The van der Waals surface area contributed by atoms with E-state index in [1.54, 1.807) is 0 Å². The van der Waals surface area contributed by atoms with E-state index in [2.05, 4.69) is 0 Å². The van der Waals surface area contributed by atoms with E-state index < -0.39 is 12.3 Å². The Hall–Kier alpha value is 0.810. The minimum atomic E-state index is -2.33. The molecule has 13 heavy (non-hydrogen) atoms. The van der Waals surface area contributed by atoms with Gasteiger partial charge in [-0.1, -0.05) is 0 Å². The van der Waals surface area contributed by atoms with Gasteiger partial charge in [0.15, 0.2) is 0 Å². The van der Waals surface area contributed by atoms with Crippen LogP contribution in [0, 0.1) is 71.2 Å². The summed E-state index contributed by atoms with van der Waals surface area (Å²) in [4.78, 5) is 16.7. The molecular weight excluding hydrogens is 446 g/mol. The molecule has 0 aliphatic carbocycles. The largest absolute Gasteiger partial charge is 3.00 e. The van der Waals surface area contributed by atoms with Crippen LogP contribution >= 0.6 is 0 Å². The molecule has 0 rings (SSSR count). The summed E-state index contributed by atoms with van der Waals surface area (Å²) in [7, 11) is 0. The summed E-state index contributed by atoms with van der Waals surface area (Å²) in [5, 5.41) is 33.3. The summed E-state index contributed by atoms with van der Waals surface area (Å²) >= 11 is 0. The van der Waals surface area contributed by atoms with Gasteiger partial charge < -0.3 is 46.4 Å². The van der Waals surface area contributed by atoms with Crippen molar-refractivity contribution in [2.75, 3.05) is 0 Å². The summed E-state index contributed by atoms with van der Waals surface area (Å²) in [6, 6.07) is 0. The standard InChI is InChI=1S/2CH2O3.2La.3H2O/c2*2-1(3)4;;;;;/h2*(H2,2,3,4);;;3*1H2/q;;2*+3;;;/p-6. The smallest absolute Gasteiger partial charge is 0.870 e. The van der Waals surface area contributed by atoms with Crippen LogP contribution < -0.4 is 20.4 Å². The maximum Gasteiger partial charge on any atom is 3.00 e. The van der Waals surface area contributed by atoms with E-state index in [9.17, 15) is 0 Å². The van der Waals surface area contributed by atoms with Crippen molar-refractivity contribution in [3.05, 3.63) is 0 Å². The second kappa shape index (κ2) is 38.5. The predicted octanol–water partition coefficient (Wildman–Crippen LogP) is -6.07. The molecule has 0 heterocycles. The molecular formula is C2H4La2O9. The Bertz CT molecular complexity index is 73.6. The molecule has 0 spiro atoms. The molecule has 11 heteroatoms. The average molecular weight is 450 g/mol. The molecule has 0 atom stereocenters. The molecule has 0 aromatic carbocycles. The van der Waals surface area contributed by atoms with Gasteiger partial charge in [0.05, 0.1) is 0 Å². The maximum atomic E-state index is 8.33. The molecule has 0 saturated carbocycles. The van der Waals surface area contributed by atoms with Crippen molar-refractivity contribution >= 4 is 12.3 Å². The van der Waals surface area contributed by atoms with E-state index >= 15 is 0 Å². The van der Waals surface area contributed by atoms with Crippen LogP contribution in [0.1, 0.15) is 0 Å². The molecule has 0 aliphatic rings. The van der Waals surface area contributed by atoms with Gasteiger partial charge in [0.25, 0.3) is 0 Å². The number of carboxylic acid groups (broad SMARTS) is 4. The van der Waals surface area contributed by atoms with Crippen LogP contribution in [0.4, 0.5) is 9.59 Å². The number of hydrogen-bond acceptors (Lipinski definition) is 8. The normalized spacial score (nSPS) is 3.69. The van der Waals surface area contributed by atoms with Crippen LogP contribution in [-0.4, -0.2) is 28.7 Å². The molecule has 0 saturated heterocycles. The summed E-state index contributed by atoms with van der Waals surface area (Å²) in [5.41, 5.74) is 0. The maximum absolute atomic E-state index is 8.33. The Morgan fingerprint density at radius 1 is 0.692 bits per heavy atom. The summed E-state index contributed by atoms with van der Waals surface area (Å²) < 4.78 is 0. The minimum absolute atomic E-state index is 0. The number of hydrogen-bond donors (Lipinski definition) is 0. The Balaban J connectivity index is -0.00000000800. The summed E-state index contributed by atoms with van der Waals surface area (Å²) in [5.74, 6) is 0. The third-order valence-corrected chi connectivity index (χ3v) is 0. The monoisotopic (exact) mass is 450 g/mol. The molecule has 72 valence electrons. The van der Waals surface area contributed by atoms with Gasteiger partial charge in [0, 0.05) is 0 Å². The van der Waals surface area contributed by atoms with Crippen molar-refractivity contribution in [3.8, 4) is 0 Å². The molecule has 0 unspecified atom stereocenters. The number of rotatable bonds is 0. The topological polar surface area (TPSA) is 218 Å². The quantitative estimate of drug-likeness (QED) is 0.345. The van der Waals surface area contributed by atoms with Gasteiger partial charge in [0.2, 0.25) is 0 Å². The fourth-order valence-electron chi connectivity index (χ4n) is 0. The van der Waals surface area contributed by atoms with E-state index in [1.807, 2.05) is 0 Å². The van der Waals surface area contributed by atoms with Crippen molar-refractivity contribution in [1.82, 2.24) is 0 Å². The predicted molar refractivity (Wildman–Crippen MR) is 18.3 cm³/mol. The SMILES string of the molecule is O.O=C([O-])[O-].O=C([O-])[O-].[La+3].[La+3].[OH-].[OH-]. The third-order valence-electron chi connectivity index (χ3n) is 0. The molecule has 0 aromatic rings. The summed E-state index contributed by atoms with van der Waals surface area (Å²) in [6.45, 7) is 0. The van der Waals surface area contributed by atoms with Crippen molar-refractivity contribution in [1.29, 1.82) is 0 Å². The van der Waals surface area contributed by atoms with Crippen LogP contribution in [0.3, 0.4) is 0 Å². The fourth-order valence-corrected chi connectivity index (χ4v) is 0. The van der Waals surface area contributed by atoms with Crippen LogP contribution in [-0.2, 0) is 0 Å². The van der Waals surface area contributed by atoms with Gasteiger partial charge in [-0.3, -0.25) is 0 Å². The second-order valence-corrected chi connectivity index (χ2v) is 0.500. The van der Waals surface area contributed by atoms with Crippen LogP contribution in [0.25, 0.3) is 0 Å². The number of carbonyl (C=O) groups is 2. The van der Waals surface area contributed by atoms with Crippen LogP contribution in [0.2, 0.25) is 0 Å². The Labute approximate surface area is 128 Å². The molecule has 0 bridgehead atoms. The Kier molecular flexibility index (Phi) is 145. The second-order valence-electron chi connectivity index (χ2n) is 0.500. The van der Waals surface area contributed by atoms with E-state index in [1.165, 1.54) is 0 Å². The zero-order chi connectivity index (χ0) is 7.15. The van der Waals surface area contributed by atoms with Gasteiger partial charge in [-0.25, -0.2) is 0 Å². The first kappa shape index (κ1) is 48.9. The fraction of sp³-hybridized carbons (Fsp3) is 0. The van der Waals surface area contributed by atoms with E-state index in [0.717, 1.165) is 0 Å². The molecule has 4 N–H and O–H groups in total. The zero-order valence-electron chi connectivity index (χ0n) is 6.00. The van der Waals surface area contributed by atoms with Crippen molar-refractivity contribution in [3.63, 3.8) is 0 Å².